The van der Waals surface area contributed by atoms with Gasteiger partial charge in [0.25, 0.3) is 0 Å². The van der Waals surface area contributed by atoms with Crippen LogP contribution < -0.4 is 11.1 Å². The summed E-state index contributed by atoms with van der Waals surface area (Å²) in [6.45, 7) is 6.18. The Kier molecular flexibility index (Phi) is 5.69. The van der Waals surface area contributed by atoms with Crippen molar-refractivity contribution in [2.45, 2.75) is 46.5 Å². The molecule has 0 saturated carbocycles. The van der Waals surface area contributed by atoms with Crippen LogP contribution in [-0.4, -0.2) is 5.91 Å². The molecule has 0 aromatic heterocycles. The molecule has 1 amide bonds. The average Bonchev–Trinajstić information content (AvgIpc) is 2.35. The van der Waals surface area contributed by atoms with E-state index in [2.05, 4.69) is 19.2 Å². The highest BCUT2D eigenvalue weighted by atomic mass is 16.1. The number of anilines is 2. The molecule has 1 aromatic carbocycles. The predicted octanol–water partition coefficient (Wildman–Crippen LogP) is 3.73. The molecule has 3 nitrogen and oxygen atoms in total. The van der Waals surface area contributed by atoms with Crippen molar-refractivity contribution in [1.29, 1.82) is 0 Å². The molecule has 18 heavy (non-hydrogen) atoms. The molecule has 100 valence electrons. The van der Waals surface area contributed by atoms with E-state index in [1.807, 2.05) is 25.1 Å². The lowest BCUT2D eigenvalue weighted by atomic mass is 9.98. The number of nitrogen functional groups attached to an aromatic ring is 1. The van der Waals surface area contributed by atoms with Gasteiger partial charge in [-0.15, -0.1) is 0 Å². The highest BCUT2D eigenvalue weighted by molar-refractivity contribution is 5.93. The van der Waals surface area contributed by atoms with Crippen molar-refractivity contribution >= 4 is 17.3 Å². The van der Waals surface area contributed by atoms with Gasteiger partial charge in [-0.2, -0.15) is 0 Å². The number of rotatable bonds is 6. The standard InChI is InChI=1S/C15H24N2O/c1-4-6-7-12(5-2)15(18)17-14-10-13(16)9-8-11(14)3/h8-10,12H,4-7,16H2,1-3H3,(H,17,18). The Morgan fingerprint density at radius 2 is 2.11 bits per heavy atom. The Labute approximate surface area is 110 Å². The van der Waals surface area contributed by atoms with Crippen molar-refractivity contribution in [3.05, 3.63) is 23.8 Å². The number of unbranched alkanes of at least 4 members (excludes halogenated alkanes) is 1. The Morgan fingerprint density at radius 1 is 1.39 bits per heavy atom. The quantitative estimate of drug-likeness (QED) is 0.754. The zero-order valence-electron chi connectivity index (χ0n) is 11.6. The van der Waals surface area contributed by atoms with Gasteiger partial charge in [0.2, 0.25) is 5.91 Å². The van der Waals surface area contributed by atoms with Crippen LogP contribution in [0.3, 0.4) is 0 Å². The molecule has 0 fully saturated rings. The number of benzene rings is 1. The topological polar surface area (TPSA) is 55.1 Å². The molecule has 0 saturated heterocycles. The molecule has 0 aliphatic rings. The third-order valence-corrected chi connectivity index (χ3v) is 3.29. The third-order valence-electron chi connectivity index (χ3n) is 3.29. The van der Waals surface area contributed by atoms with E-state index < -0.39 is 0 Å². The fourth-order valence-corrected chi connectivity index (χ4v) is 1.98. The van der Waals surface area contributed by atoms with Crippen LogP contribution in [0.5, 0.6) is 0 Å². The summed E-state index contributed by atoms with van der Waals surface area (Å²) in [6, 6.07) is 5.59. The van der Waals surface area contributed by atoms with Crippen LogP contribution in [0.1, 0.15) is 45.1 Å². The van der Waals surface area contributed by atoms with Crippen molar-refractivity contribution in [2.75, 3.05) is 11.1 Å². The second-order valence-electron chi connectivity index (χ2n) is 4.81. The van der Waals surface area contributed by atoms with E-state index in [4.69, 9.17) is 5.73 Å². The molecule has 0 spiro atoms. The van der Waals surface area contributed by atoms with Crippen LogP contribution in [0.15, 0.2) is 18.2 Å². The first-order chi connectivity index (χ1) is 8.58. The molecule has 0 aliphatic heterocycles. The molecule has 0 aliphatic carbocycles. The smallest absolute Gasteiger partial charge is 0.227 e. The summed E-state index contributed by atoms with van der Waals surface area (Å²) in [5.41, 5.74) is 8.29. The molecule has 1 aromatic rings. The first kappa shape index (κ1) is 14.6. The normalized spacial score (nSPS) is 12.2. The van der Waals surface area contributed by atoms with Crippen LogP contribution in [0.2, 0.25) is 0 Å². The minimum absolute atomic E-state index is 0.103. The zero-order valence-corrected chi connectivity index (χ0v) is 11.6. The van der Waals surface area contributed by atoms with Gasteiger partial charge in [0, 0.05) is 17.3 Å². The van der Waals surface area contributed by atoms with Crippen LogP contribution >= 0.6 is 0 Å². The van der Waals surface area contributed by atoms with Gasteiger partial charge >= 0.3 is 0 Å². The van der Waals surface area contributed by atoms with Crippen LogP contribution in [0.4, 0.5) is 11.4 Å². The lowest BCUT2D eigenvalue weighted by Gasteiger charge is -2.16. The van der Waals surface area contributed by atoms with Gasteiger partial charge < -0.3 is 11.1 Å². The van der Waals surface area contributed by atoms with Gasteiger partial charge in [-0.1, -0.05) is 32.8 Å². The van der Waals surface area contributed by atoms with Crippen molar-refractivity contribution < 1.29 is 4.79 Å². The van der Waals surface area contributed by atoms with Crippen LogP contribution in [0.25, 0.3) is 0 Å². The van der Waals surface area contributed by atoms with Gasteiger partial charge in [0.05, 0.1) is 0 Å². The molecule has 0 heterocycles. The van der Waals surface area contributed by atoms with Gasteiger partial charge in [0.1, 0.15) is 0 Å². The molecule has 0 bridgehead atoms. The molecule has 1 atom stereocenters. The zero-order chi connectivity index (χ0) is 13.5. The van der Waals surface area contributed by atoms with E-state index >= 15 is 0 Å². The Hall–Kier alpha value is -1.51. The van der Waals surface area contributed by atoms with Gasteiger partial charge in [0.15, 0.2) is 0 Å². The second kappa shape index (κ2) is 7.04. The van der Waals surface area contributed by atoms with Crippen molar-refractivity contribution in [1.82, 2.24) is 0 Å². The molecular weight excluding hydrogens is 224 g/mol. The Bertz CT molecular complexity index is 401. The lowest BCUT2D eigenvalue weighted by molar-refractivity contribution is -0.120. The molecular formula is C15H24N2O. The molecule has 3 N–H and O–H groups in total. The predicted molar refractivity (Wildman–Crippen MR) is 77.5 cm³/mol. The van der Waals surface area contributed by atoms with Crippen LogP contribution in [-0.2, 0) is 4.79 Å². The third kappa shape index (κ3) is 4.06. The van der Waals surface area contributed by atoms with Crippen molar-refractivity contribution in [3.63, 3.8) is 0 Å². The summed E-state index contributed by atoms with van der Waals surface area (Å²) in [7, 11) is 0. The van der Waals surface area contributed by atoms with Gasteiger partial charge in [-0.3, -0.25) is 4.79 Å². The van der Waals surface area contributed by atoms with Gasteiger partial charge in [-0.25, -0.2) is 0 Å². The number of aryl methyl sites for hydroxylation is 1. The summed E-state index contributed by atoms with van der Waals surface area (Å²) in [6.07, 6.45) is 4.07. The summed E-state index contributed by atoms with van der Waals surface area (Å²) < 4.78 is 0. The summed E-state index contributed by atoms with van der Waals surface area (Å²) >= 11 is 0. The van der Waals surface area contributed by atoms with E-state index in [0.29, 0.717) is 5.69 Å². The van der Waals surface area contributed by atoms with E-state index in [-0.39, 0.29) is 11.8 Å². The fraction of sp³-hybridized carbons (Fsp3) is 0.533. The largest absolute Gasteiger partial charge is 0.399 e. The average molecular weight is 248 g/mol. The maximum Gasteiger partial charge on any atom is 0.227 e. The molecule has 1 rings (SSSR count). The van der Waals surface area contributed by atoms with Crippen LogP contribution in [0, 0.1) is 12.8 Å². The number of nitrogens with one attached hydrogen (secondary N) is 1. The molecule has 0 radical (unpaired) electrons. The van der Waals surface area contributed by atoms with E-state index in [1.165, 1.54) is 0 Å². The van der Waals surface area contributed by atoms with E-state index in [0.717, 1.165) is 36.9 Å². The fourth-order valence-electron chi connectivity index (χ4n) is 1.98. The SMILES string of the molecule is CCCCC(CC)C(=O)Nc1cc(N)ccc1C. The lowest BCUT2D eigenvalue weighted by Crippen LogP contribution is -2.22. The number of amides is 1. The van der Waals surface area contributed by atoms with E-state index in [9.17, 15) is 4.79 Å². The maximum atomic E-state index is 12.2. The minimum Gasteiger partial charge on any atom is -0.399 e. The number of carbonyl (C=O) groups excluding carboxylic acids is 1. The minimum atomic E-state index is 0.103. The monoisotopic (exact) mass is 248 g/mol. The molecule has 1 unspecified atom stereocenters. The number of hydrogen-bond donors (Lipinski definition) is 2. The Balaban J connectivity index is 2.70. The first-order valence-corrected chi connectivity index (χ1v) is 6.75. The number of nitrogens with two attached hydrogens (primary N) is 1. The number of carbonyl (C=O) groups is 1. The van der Waals surface area contributed by atoms with Crippen molar-refractivity contribution in [3.8, 4) is 0 Å². The summed E-state index contributed by atoms with van der Waals surface area (Å²) in [4.78, 5) is 12.2. The highest BCUT2D eigenvalue weighted by Crippen LogP contribution is 2.21. The van der Waals surface area contributed by atoms with Gasteiger partial charge in [-0.05, 0) is 37.5 Å². The maximum absolute atomic E-state index is 12.2. The second-order valence-corrected chi connectivity index (χ2v) is 4.81. The van der Waals surface area contributed by atoms with E-state index in [1.54, 1.807) is 0 Å². The molecule has 3 heteroatoms. The first-order valence-electron chi connectivity index (χ1n) is 6.75. The number of hydrogen-bond acceptors (Lipinski definition) is 2. The van der Waals surface area contributed by atoms with Crippen molar-refractivity contribution in [2.24, 2.45) is 5.92 Å². The Morgan fingerprint density at radius 3 is 2.72 bits per heavy atom. The summed E-state index contributed by atoms with van der Waals surface area (Å²) in [5.74, 6) is 0.213. The summed E-state index contributed by atoms with van der Waals surface area (Å²) in [5, 5.41) is 2.99. The highest BCUT2D eigenvalue weighted by Gasteiger charge is 2.16.